The van der Waals surface area contributed by atoms with Gasteiger partial charge in [-0.25, -0.2) is 13.9 Å². The first kappa shape index (κ1) is 22.6. The number of amides is 1. The Labute approximate surface area is 164 Å². The molecule has 160 valence electrons. The van der Waals surface area contributed by atoms with Gasteiger partial charge in [0.2, 0.25) is 10.0 Å². The van der Waals surface area contributed by atoms with Crippen LogP contribution in [0.3, 0.4) is 0 Å². The summed E-state index contributed by atoms with van der Waals surface area (Å²) in [6.45, 7) is -0.412. The Morgan fingerprint density at radius 1 is 1.24 bits per heavy atom. The number of hydrogen-bond acceptors (Lipinski definition) is 7. The number of benzene rings is 1. The van der Waals surface area contributed by atoms with Crippen LogP contribution in [0.5, 0.6) is 5.75 Å². The van der Waals surface area contributed by atoms with Gasteiger partial charge in [0.25, 0.3) is 5.91 Å². The Kier molecular flexibility index (Phi) is 6.87. The zero-order valence-electron chi connectivity index (χ0n) is 14.9. The highest BCUT2D eigenvalue weighted by molar-refractivity contribution is 7.94. The van der Waals surface area contributed by atoms with E-state index in [-0.39, 0.29) is 32.0 Å². The second-order valence-corrected chi connectivity index (χ2v) is 7.97. The third-order valence-corrected chi connectivity index (χ3v) is 6.14. The van der Waals surface area contributed by atoms with Crippen molar-refractivity contribution in [1.82, 2.24) is 9.79 Å². The van der Waals surface area contributed by atoms with E-state index in [1.807, 2.05) is 0 Å². The molecule has 13 heteroatoms. The minimum Gasteiger partial charge on any atom is -0.490 e. The van der Waals surface area contributed by atoms with Gasteiger partial charge in [-0.15, -0.1) is 0 Å². The summed E-state index contributed by atoms with van der Waals surface area (Å²) in [7, 11) is -4.94. The largest absolute Gasteiger partial charge is 0.490 e. The number of para-hydroxylation sites is 1. The first-order chi connectivity index (χ1) is 13.5. The van der Waals surface area contributed by atoms with E-state index in [1.165, 1.54) is 0 Å². The van der Waals surface area contributed by atoms with Gasteiger partial charge in [0.05, 0.1) is 0 Å². The van der Waals surface area contributed by atoms with Crippen molar-refractivity contribution in [3.8, 4) is 5.75 Å². The number of rotatable bonds is 6. The van der Waals surface area contributed by atoms with E-state index in [1.54, 1.807) is 30.3 Å². The molecule has 1 aliphatic rings. The Hall–Kier alpha value is -2.64. The number of hydroxylamine groups is 1. The summed E-state index contributed by atoms with van der Waals surface area (Å²) in [5, 5.41) is 16.1. The minimum absolute atomic E-state index is 0.173. The van der Waals surface area contributed by atoms with Crippen molar-refractivity contribution in [2.24, 2.45) is 5.73 Å². The summed E-state index contributed by atoms with van der Waals surface area (Å²) in [6, 6.07) is 8.72. The monoisotopic (exact) mass is 436 g/mol. The molecule has 0 aliphatic carbocycles. The third-order valence-electron chi connectivity index (χ3n) is 4.15. The maximum Gasteiger partial charge on any atom is 0.432 e. The molecule has 0 atom stereocenters. The number of halogens is 3. The SMILES string of the molecule is N=C(C(=O)NO)C(=C(N)C(F)(F)F)S(=O)(=O)N1CCC(Oc2ccccc2)CC1. The molecule has 1 fully saturated rings. The van der Waals surface area contributed by atoms with Crippen LogP contribution < -0.4 is 16.0 Å². The van der Waals surface area contributed by atoms with Crippen LogP contribution in [0.15, 0.2) is 40.9 Å². The topological polar surface area (TPSA) is 146 Å². The fourth-order valence-corrected chi connectivity index (χ4v) is 4.40. The lowest BCUT2D eigenvalue weighted by molar-refractivity contribution is -0.122. The van der Waals surface area contributed by atoms with Crippen LogP contribution >= 0.6 is 0 Å². The van der Waals surface area contributed by atoms with E-state index in [2.05, 4.69) is 0 Å². The Bertz CT molecular complexity index is 895. The highest BCUT2D eigenvalue weighted by Crippen LogP contribution is 2.30. The van der Waals surface area contributed by atoms with Gasteiger partial charge in [0, 0.05) is 13.1 Å². The van der Waals surface area contributed by atoms with Crippen molar-refractivity contribution < 1.29 is 36.3 Å². The Morgan fingerprint density at radius 2 is 1.79 bits per heavy atom. The van der Waals surface area contributed by atoms with Crippen LogP contribution in [0, 0.1) is 5.41 Å². The molecule has 2 rings (SSSR count). The van der Waals surface area contributed by atoms with Crippen LogP contribution in [-0.4, -0.2) is 54.9 Å². The number of allylic oxidation sites excluding steroid dienone is 1. The molecule has 0 saturated carbocycles. The summed E-state index contributed by atoms with van der Waals surface area (Å²) < 4.78 is 71.1. The maximum absolute atomic E-state index is 13.1. The number of nitrogens with one attached hydrogen (secondary N) is 2. The van der Waals surface area contributed by atoms with Crippen molar-refractivity contribution >= 4 is 21.6 Å². The zero-order valence-corrected chi connectivity index (χ0v) is 15.8. The molecular formula is C16H19F3N4O5S. The molecule has 0 spiro atoms. The number of nitrogens with zero attached hydrogens (tertiary/aromatic N) is 1. The molecule has 0 radical (unpaired) electrons. The van der Waals surface area contributed by atoms with Gasteiger partial charge in [-0.1, -0.05) is 18.2 Å². The number of ether oxygens (including phenoxy) is 1. The molecule has 1 saturated heterocycles. The van der Waals surface area contributed by atoms with E-state index in [0.29, 0.717) is 10.1 Å². The minimum atomic E-state index is -5.31. The summed E-state index contributed by atoms with van der Waals surface area (Å²) in [5.74, 6) is -1.17. The normalized spacial score (nSPS) is 17.4. The van der Waals surface area contributed by atoms with Crippen LogP contribution in [0.4, 0.5) is 13.2 Å². The first-order valence-corrected chi connectivity index (χ1v) is 9.74. The van der Waals surface area contributed by atoms with E-state index in [4.69, 9.17) is 21.1 Å². The van der Waals surface area contributed by atoms with Gasteiger partial charge in [-0.05, 0) is 25.0 Å². The third kappa shape index (κ3) is 5.25. The quantitative estimate of drug-likeness (QED) is 0.299. The van der Waals surface area contributed by atoms with Crippen LogP contribution in [0.2, 0.25) is 0 Å². The first-order valence-electron chi connectivity index (χ1n) is 8.30. The lowest BCUT2D eigenvalue weighted by Gasteiger charge is -2.32. The van der Waals surface area contributed by atoms with Gasteiger partial charge < -0.3 is 10.5 Å². The van der Waals surface area contributed by atoms with Gasteiger partial charge in [0.15, 0.2) is 0 Å². The molecule has 9 nitrogen and oxygen atoms in total. The number of nitrogens with two attached hydrogens (primary N) is 1. The van der Waals surface area contributed by atoms with E-state index < -0.39 is 38.4 Å². The predicted octanol–water partition coefficient (Wildman–Crippen LogP) is 1.12. The predicted molar refractivity (Wildman–Crippen MR) is 95.5 cm³/mol. The molecule has 1 amide bonds. The average molecular weight is 436 g/mol. The summed E-state index contributed by atoms with van der Waals surface area (Å²) in [6.07, 6.45) is -5.32. The van der Waals surface area contributed by atoms with Gasteiger partial charge in [0.1, 0.15) is 28.2 Å². The fourth-order valence-electron chi connectivity index (χ4n) is 2.70. The number of sulfonamides is 1. The van der Waals surface area contributed by atoms with Crippen molar-refractivity contribution in [2.75, 3.05) is 13.1 Å². The molecule has 1 aromatic carbocycles. The highest BCUT2D eigenvalue weighted by Gasteiger charge is 2.44. The van der Waals surface area contributed by atoms with Crippen molar-refractivity contribution in [3.63, 3.8) is 0 Å². The van der Waals surface area contributed by atoms with Crippen molar-refractivity contribution in [1.29, 1.82) is 5.41 Å². The van der Waals surface area contributed by atoms with Gasteiger partial charge in [-0.2, -0.15) is 17.5 Å². The second-order valence-electron chi connectivity index (χ2n) is 6.09. The lowest BCUT2D eigenvalue weighted by atomic mass is 10.1. The van der Waals surface area contributed by atoms with E-state index in [0.717, 1.165) is 5.48 Å². The summed E-state index contributed by atoms with van der Waals surface area (Å²) >= 11 is 0. The molecule has 1 heterocycles. The highest BCUT2D eigenvalue weighted by atomic mass is 32.2. The van der Waals surface area contributed by atoms with Gasteiger partial charge in [-0.3, -0.25) is 15.4 Å². The molecule has 0 unspecified atom stereocenters. The lowest BCUT2D eigenvalue weighted by Crippen LogP contribution is -2.46. The molecule has 29 heavy (non-hydrogen) atoms. The summed E-state index contributed by atoms with van der Waals surface area (Å²) in [5.41, 5.74) is 2.13. The molecular weight excluding hydrogens is 417 g/mol. The van der Waals surface area contributed by atoms with Crippen LogP contribution in [0.1, 0.15) is 12.8 Å². The molecule has 0 aromatic heterocycles. The molecule has 5 N–H and O–H groups in total. The number of alkyl halides is 3. The van der Waals surface area contributed by atoms with Gasteiger partial charge >= 0.3 is 6.18 Å². The number of hydrogen-bond donors (Lipinski definition) is 4. The summed E-state index contributed by atoms with van der Waals surface area (Å²) in [4.78, 5) is 9.71. The fraction of sp³-hybridized carbons (Fsp3) is 0.375. The Morgan fingerprint density at radius 3 is 2.28 bits per heavy atom. The van der Waals surface area contributed by atoms with Crippen molar-refractivity contribution in [3.05, 3.63) is 40.9 Å². The van der Waals surface area contributed by atoms with E-state index in [9.17, 15) is 26.4 Å². The number of carbonyl (C=O) groups excluding carboxylic acids is 1. The van der Waals surface area contributed by atoms with Crippen LogP contribution in [-0.2, 0) is 14.8 Å². The number of carbonyl (C=O) groups is 1. The van der Waals surface area contributed by atoms with Crippen molar-refractivity contribution in [2.45, 2.75) is 25.1 Å². The smallest absolute Gasteiger partial charge is 0.432 e. The zero-order chi connectivity index (χ0) is 21.8. The van der Waals surface area contributed by atoms with Crippen LogP contribution in [0.25, 0.3) is 0 Å². The Balaban J connectivity index is 2.25. The molecule has 1 aromatic rings. The molecule has 1 aliphatic heterocycles. The standard InChI is InChI=1S/C16H19F3N4O5S/c17-16(18,19)14(21)13(12(20)15(24)22-25)29(26,27)23-8-6-11(7-9-23)28-10-4-2-1-3-5-10/h1-5,11,20,25H,6-9,21H2,(H,22,24). The maximum atomic E-state index is 13.1. The average Bonchev–Trinajstić information content (AvgIpc) is 2.67. The second kappa shape index (κ2) is 8.80. The number of piperidine rings is 1. The van der Waals surface area contributed by atoms with E-state index >= 15 is 0 Å². The molecule has 0 bridgehead atoms.